The number of hydrogen-bond acceptors (Lipinski definition) is 5. The van der Waals surface area contributed by atoms with Crippen LogP contribution in [0.4, 0.5) is 4.79 Å². The van der Waals surface area contributed by atoms with Crippen LogP contribution in [0.3, 0.4) is 0 Å². The lowest BCUT2D eigenvalue weighted by Gasteiger charge is -2.27. The Morgan fingerprint density at radius 3 is 2.29 bits per heavy atom. The van der Waals surface area contributed by atoms with E-state index in [0.29, 0.717) is 30.9 Å². The van der Waals surface area contributed by atoms with Gasteiger partial charge in [-0.15, -0.1) is 0 Å². The number of aliphatic carboxylic acids is 1. The maximum absolute atomic E-state index is 12.9. The van der Waals surface area contributed by atoms with Crippen molar-refractivity contribution in [1.29, 1.82) is 0 Å². The van der Waals surface area contributed by atoms with Gasteiger partial charge in [0, 0.05) is 23.8 Å². The summed E-state index contributed by atoms with van der Waals surface area (Å²) in [5.41, 5.74) is 0. The highest BCUT2D eigenvalue weighted by atomic mass is 32.2. The number of fused-ring (bicyclic) bond motifs is 1. The standard InChI is InChI=1S/C22H37N3O5S/c1-3-5-7-12-18(26)25(16(21(28)29)10-6-4-2)19(27)13-9-8-11-17-20-15(14-31-17)23-22(30)24-20/h15-17,20H,3-14H2,1-2H3,(H,28,29)(H2,23,24,30)/t15-,16?,17-,20-/m0/s1. The topological polar surface area (TPSA) is 116 Å². The molecule has 0 bridgehead atoms. The van der Waals surface area contributed by atoms with Gasteiger partial charge < -0.3 is 15.7 Å². The normalized spacial score (nSPS) is 23.0. The zero-order chi connectivity index (χ0) is 22.8. The third-order valence-electron chi connectivity index (χ3n) is 6.03. The van der Waals surface area contributed by atoms with E-state index < -0.39 is 12.0 Å². The van der Waals surface area contributed by atoms with Crippen LogP contribution in [-0.2, 0) is 14.4 Å². The molecule has 9 heteroatoms. The van der Waals surface area contributed by atoms with E-state index in [2.05, 4.69) is 10.6 Å². The van der Waals surface area contributed by atoms with Crippen LogP contribution in [0.1, 0.15) is 84.5 Å². The number of carbonyl (C=O) groups excluding carboxylic acids is 3. The first-order valence-electron chi connectivity index (χ1n) is 11.6. The van der Waals surface area contributed by atoms with E-state index >= 15 is 0 Å². The van der Waals surface area contributed by atoms with E-state index in [1.165, 1.54) is 0 Å². The van der Waals surface area contributed by atoms with Gasteiger partial charge in [0.1, 0.15) is 6.04 Å². The van der Waals surface area contributed by atoms with E-state index in [4.69, 9.17) is 0 Å². The molecule has 2 aliphatic rings. The van der Waals surface area contributed by atoms with Gasteiger partial charge in [-0.1, -0.05) is 46.0 Å². The molecular weight excluding hydrogens is 418 g/mol. The lowest BCUT2D eigenvalue weighted by molar-refractivity contribution is -0.158. The Morgan fingerprint density at radius 1 is 1.03 bits per heavy atom. The van der Waals surface area contributed by atoms with Gasteiger partial charge in [-0.2, -0.15) is 11.8 Å². The average Bonchev–Trinajstić information content (AvgIpc) is 3.27. The Balaban J connectivity index is 1.89. The number of nitrogens with zero attached hydrogens (tertiary/aromatic N) is 1. The van der Waals surface area contributed by atoms with Crippen LogP contribution < -0.4 is 10.6 Å². The molecule has 1 unspecified atom stereocenters. The number of carboxylic acids is 1. The summed E-state index contributed by atoms with van der Waals surface area (Å²) < 4.78 is 0. The Labute approximate surface area is 189 Å². The molecule has 2 rings (SSSR count). The van der Waals surface area contributed by atoms with E-state index in [0.717, 1.165) is 42.8 Å². The molecule has 2 saturated heterocycles. The van der Waals surface area contributed by atoms with Crippen LogP contribution in [0.5, 0.6) is 0 Å². The molecule has 31 heavy (non-hydrogen) atoms. The molecule has 4 atom stereocenters. The molecule has 2 fully saturated rings. The van der Waals surface area contributed by atoms with Crippen LogP contribution in [0.2, 0.25) is 0 Å². The lowest BCUT2D eigenvalue weighted by Crippen LogP contribution is -2.48. The predicted octanol–water partition coefficient (Wildman–Crippen LogP) is 3.29. The molecule has 8 nitrogen and oxygen atoms in total. The van der Waals surface area contributed by atoms with Gasteiger partial charge in [0.15, 0.2) is 0 Å². The minimum Gasteiger partial charge on any atom is -0.480 e. The van der Waals surface area contributed by atoms with Crippen molar-refractivity contribution in [2.24, 2.45) is 0 Å². The number of urea groups is 1. The highest BCUT2D eigenvalue weighted by Crippen LogP contribution is 2.33. The molecule has 0 radical (unpaired) electrons. The first-order chi connectivity index (χ1) is 14.9. The Hall–Kier alpha value is -1.77. The summed E-state index contributed by atoms with van der Waals surface area (Å²) in [6.45, 7) is 3.99. The van der Waals surface area contributed by atoms with E-state index in [1.54, 1.807) is 0 Å². The number of amides is 4. The van der Waals surface area contributed by atoms with Crippen molar-refractivity contribution < 1.29 is 24.3 Å². The summed E-state index contributed by atoms with van der Waals surface area (Å²) in [6.07, 6.45) is 6.93. The summed E-state index contributed by atoms with van der Waals surface area (Å²) >= 11 is 1.83. The largest absolute Gasteiger partial charge is 0.480 e. The first kappa shape index (κ1) is 25.5. The predicted molar refractivity (Wildman–Crippen MR) is 121 cm³/mol. The average molecular weight is 456 g/mol. The fraction of sp³-hybridized carbons (Fsp3) is 0.818. The minimum atomic E-state index is -1.11. The number of carbonyl (C=O) groups is 4. The van der Waals surface area contributed by atoms with Crippen LogP contribution in [0, 0.1) is 0 Å². The molecule has 2 heterocycles. The second-order valence-corrected chi connectivity index (χ2v) is 9.75. The maximum Gasteiger partial charge on any atom is 0.326 e. The number of thioether (sulfide) groups is 1. The van der Waals surface area contributed by atoms with E-state index in [1.807, 2.05) is 25.6 Å². The van der Waals surface area contributed by atoms with Gasteiger partial charge in [-0.3, -0.25) is 14.5 Å². The molecule has 3 N–H and O–H groups in total. The molecule has 176 valence electrons. The van der Waals surface area contributed by atoms with Crippen molar-refractivity contribution in [2.75, 3.05) is 5.75 Å². The Bertz CT molecular complexity index is 645. The summed E-state index contributed by atoms with van der Waals surface area (Å²) in [5, 5.41) is 15.9. The molecule has 0 aromatic rings. The SMILES string of the molecule is CCCCCC(=O)N(C(=O)CCCC[C@@H]1SC[C@@H]2NC(=O)N[C@@H]21)C(CCCC)C(=O)O. The van der Waals surface area contributed by atoms with Crippen molar-refractivity contribution in [1.82, 2.24) is 15.5 Å². The number of carboxylic acid groups (broad SMARTS) is 1. The molecule has 0 aromatic carbocycles. The molecular formula is C22H37N3O5S. The molecule has 0 spiro atoms. The van der Waals surface area contributed by atoms with Gasteiger partial charge in [-0.25, -0.2) is 9.59 Å². The van der Waals surface area contributed by atoms with Crippen LogP contribution in [0.15, 0.2) is 0 Å². The number of unbranched alkanes of at least 4 members (excludes halogenated alkanes) is 4. The van der Waals surface area contributed by atoms with Crippen LogP contribution in [0.25, 0.3) is 0 Å². The third kappa shape index (κ3) is 7.40. The van der Waals surface area contributed by atoms with E-state index in [9.17, 15) is 24.3 Å². The summed E-state index contributed by atoms with van der Waals surface area (Å²) in [4.78, 5) is 50.0. The third-order valence-corrected chi connectivity index (χ3v) is 7.54. The van der Waals surface area contributed by atoms with Gasteiger partial charge >= 0.3 is 12.0 Å². The van der Waals surface area contributed by atoms with E-state index in [-0.39, 0.29) is 42.8 Å². The van der Waals surface area contributed by atoms with Crippen molar-refractivity contribution in [3.05, 3.63) is 0 Å². The highest BCUT2D eigenvalue weighted by Gasteiger charge is 2.42. The minimum absolute atomic E-state index is 0.112. The lowest BCUT2D eigenvalue weighted by atomic mass is 10.0. The summed E-state index contributed by atoms with van der Waals surface area (Å²) in [5.74, 6) is -0.956. The monoisotopic (exact) mass is 455 g/mol. The molecule has 2 aliphatic heterocycles. The fourth-order valence-corrected chi connectivity index (χ4v) is 5.82. The van der Waals surface area contributed by atoms with Crippen molar-refractivity contribution >= 4 is 35.6 Å². The zero-order valence-electron chi connectivity index (χ0n) is 18.7. The number of nitrogens with one attached hydrogen (secondary N) is 2. The van der Waals surface area contributed by atoms with Crippen molar-refractivity contribution in [2.45, 2.75) is 108 Å². The smallest absolute Gasteiger partial charge is 0.326 e. The summed E-state index contributed by atoms with van der Waals surface area (Å²) in [6, 6.07) is -0.877. The Morgan fingerprint density at radius 2 is 1.68 bits per heavy atom. The fourth-order valence-electron chi connectivity index (χ4n) is 4.28. The molecule has 0 aromatic heterocycles. The second kappa shape index (κ2) is 12.9. The molecule has 4 amide bonds. The molecule has 0 aliphatic carbocycles. The van der Waals surface area contributed by atoms with Crippen molar-refractivity contribution in [3.8, 4) is 0 Å². The van der Waals surface area contributed by atoms with Gasteiger partial charge in [0.05, 0.1) is 12.1 Å². The highest BCUT2D eigenvalue weighted by molar-refractivity contribution is 8.00. The molecule has 0 saturated carbocycles. The van der Waals surface area contributed by atoms with Crippen LogP contribution in [-0.4, -0.2) is 62.9 Å². The van der Waals surface area contributed by atoms with Gasteiger partial charge in [0.2, 0.25) is 11.8 Å². The van der Waals surface area contributed by atoms with Crippen molar-refractivity contribution in [3.63, 3.8) is 0 Å². The van der Waals surface area contributed by atoms with Gasteiger partial charge in [0.25, 0.3) is 0 Å². The number of rotatable bonds is 14. The maximum atomic E-state index is 12.9. The van der Waals surface area contributed by atoms with Crippen LogP contribution >= 0.6 is 11.8 Å². The first-order valence-corrected chi connectivity index (χ1v) is 12.7. The zero-order valence-corrected chi connectivity index (χ0v) is 19.5. The van der Waals surface area contributed by atoms with Gasteiger partial charge in [-0.05, 0) is 25.7 Å². The number of imide groups is 1. The number of hydrogen-bond donors (Lipinski definition) is 3. The Kier molecular flexibility index (Phi) is 10.6. The summed E-state index contributed by atoms with van der Waals surface area (Å²) in [7, 11) is 0. The second-order valence-electron chi connectivity index (χ2n) is 8.48. The quantitative estimate of drug-likeness (QED) is 0.273.